The minimum Gasteiger partial charge on any atom is -0.494 e. The molecule has 21 heavy (non-hydrogen) atoms. The molecule has 2 saturated carbocycles. The second kappa shape index (κ2) is 5.96. The van der Waals surface area contributed by atoms with Crippen LogP contribution in [0.25, 0.3) is 0 Å². The number of ether oxygens (including phenoxy) is 2. The van der Waals surface area contributed by atoms with Crippen LogP contribution in [-0.4, -0.2) is 19.2 Å². The number of hydrogen-bond donors (Lipinski definition) is 1. The first-order valence-corrected chi connectivity index (χ1v) is 7.86. The minimum atomic E-state index is -0.300. The van der Waals surface area contributed by atoms with Gasteiger partial charge in [-0.2, -0.15) is 0 Å². The van der Waals surface area contributed by atoms with Gasteiger partial charge in [-0.05, 0) is 56.1 Å². The topological polar surface area (TPSA) is 61.5 Å². The molecule has 4 nitrogen and oxygen atoms in total. The highest BCUT2D eigenvalue weighted by Gasteiger charge is 2.39. The van der Waals surface area contributed by atoms with Crippen LogP contribution >= 0.6 is 0 Å². The molecule has 2 aliphatic rings. The first-order chi connectivity index (χ1) is 10.2. The third-order valence-corrected chi connectivity index (χ3v) is 4.79. The Morgan fingerprint density at radius 3 is 2.81 bits per heavy atom. The highest BCUT2D eigenvalue weighted by molar-refractivity contribution is 5.91. The summed E-state index contributed by atoms with van der Waals surface area (Å²) in [7, 11) is 0. The van der Waals surface area contributed by atoms with Crippen LogP contribution in [-0.2, 0) is 4.74 Å². The smallest absolute Gasteiger partial charge is 0.338 e. The van der Waals surface area contributed by atoms with E-state index in [1.165, 1.54) is 25.7 Å². The number of nitrogen functional groups attached to an aromatic ring is 1. The summed E-state index contributed by atoms with van der Waals surface area (Å²) < 4.78 is 10.9. The molecule has 2 N–H and O–H groups in total. The van der Waals surface area contributed by atoms with E-state index in [0.717, 1.165) is 11.8 Å². The predicted molar refractivity (Wildman–Crippen MR) is 81.2 cm³/mol. The molecule has 114 valence electrons. The molecule has 1 aromatic carbocycles. The van der Waals surface area contributed by atoms with Crippen LogP contribution in [0.1, 0.15) is 43.0 Å². The van der Waals surface area contributed by atoms with E-state index in [4.69, 9.17) is 15.2 Å². The maximum absolute atomic E-state index is 12.2. The van der Waals surface area contributed by atoms with Gasteiger partial charge in [-0.3, -0.25) is 0 Å². The Morgan fingerprint density at radius 2 is 2.14 bits per heavy atom. The molecule has 3 rings (SSSR count). The predicted octanol–water partition coefficient (Wildman–Crippen LogP) is 3.26. The number of esters is 1. The van der Waals surface area contributed by atoms with E-state index >= 15 is 0 Å². The molecule has 1 aromatic rings. The lowest BCUT2D eigenvalue weighted by Crippen LogP contribution is -2.19. The van der Waals surface area contributed by atoms with Crippen molar-refractivity contribution in [3.05, 3.63) is 23.8 Å². The van der Waals surface area contributed by atoms with E-state index in [9.17, 15) is 4.79 Å². The maximum atomic E-state index is 12.2. The maximum Gasteiger partial charge on any atom is 0.338 e. The van der Waals surface area contributed by atoms with Crippen molar-refractivity contribution in [2.45, 2.75) is 32.6 Å². The third kappa shape index (κ3) is 3.14. The lowest BCUT2D eigenvalue weighted by molar-refractivity contribution is 0.0394. The highest BCUT2D eigenvalue weighted by atomic mass is 16.5. The SMILES string of the molecule is CCOc1cc(N)cc(C(=O)OCC2CC3CCC2C3)c1. The Labute approximate surface area is 125 Å². The molecule has 0 heterocycles. The summed E-state index contributed by atoms with van der Waals surface area (Å²) in [6.07, 6.45) is 5.22. The van der Waals surface area contributed by atoms with Gasteiger partial charge in [0.25, 0.3) is 0 Å². The largest absolute Gasteiger partial charge is 0.494 e. The Kier molecular flexibility index (Phi) is 4.04. The molecule has 3 unspecified atom stereocenters. The van der Waals surface area contributed by atoms with Gasteiger partial charge < -0.3 is 15.2 Å². The molecule has 0 saturated heterocycles. The summed E-state index contributed by atoms with van der Waals surface area (Å²) in [4.78, 5) is 12.2. The van der Waals surface area contributed by atoms with Crippen LogP contribution < -0.4 is 10.5 Å². The molecule has 0 aromatic heterocycles. The monoisotopic (exact) mass is 289 g/mol. The van der Waals surface area contributed by atoms with Gasteiger partial charge in [0.05, 0.1) is 18.8 Å². The molecule has 2 aliphatic carbocycles. The number of fused-ring (bicyclic) bond motifs is 2. The molecule has 0 amide bonds. The number of carbonyl (C=O) groups is 1. The molecule has 2 fully saturated rings. The van der Waals surface area contributed by atoms with Crippen molar-refractivity contribution in [2.24, 2.45) is 17.8 Å². The van der Waals surface area contributed by atoms with Gasteiger partial charge >= 0.3 is 5.97 Å². The van der Waals surface area contributed by atoms with E-state index in [2.05, 4.69) is 0 Å². The first-order valence-electron chi connectivity index (χ1n) is 7.86. The number of hydrogen-bond acceptors (Lipinski definition) is 4. The standard InChI is InChI=1S/C17H23NO3/c1-2-20-16-8-13(7-15(18)9-16)17(19)21-10-14-6-11-3-4-12(14)5-11/h7-9,11-12,14H,2-6,10,18H2,1H3. The summed E-state index contributed by atoms with van der Waals surface area (Å²) in [5, 5.41) is 0. The molecule has 4 heteroatoms. The molecule has 2 bridgehead atoms. The van der Waals surface area contributed by atoms with Crippen molar-refractivity contribution in [3.63, 3.8) is 0 Å². The van der Waals surface area contributed by atoms with Gasteiger partial charge in [0.1, 0.15) is 5.75 Å². The van der Waals surface area contributed by atoms with E-state index in [0.29, 0.717) is 36.1 Å². The Hall–Kier alpha value is -1.71. The highest BCUT2D eigenvalue weighted by Crippen LogP contribution is 2.48. The van der Waals surface area contributed by atoms with Gasteiger partial charge in [0.15, 0.2) is 0 Å². The third-order valence-electron chi connectivity index (χ3n) is 4.79. The van der Waals surface area contributed by atoms with Crippen LogP contribution in [0.4, 0.5) is 5.69 Å². The van der Waals surface area contributed by atoms with E-state index in [1.54, 1.807) is 18.2 Å². The number of carbonyl (C=O) groups excluding carboxylic acids is 1. The second-order valence-electron chi connectivity index (χ2n) is 6.26. The van der Waals surface area contributed by atoms with Crippen molar-refractivity contribution in [1.82, 2.24) is 0 Å². The zero-order chi connectivity index (χ0) is 14.8. The van der Waals surface area contributed by atoms with Crippen molar-refractivity contribution >= 4 is 11.7 Å². The average molecular weight is 289 g/mol. The van der Waals surface area contributed by atoms with Crippen LogP contribution in [0.2, 0.25) is 0 Å². The zero-order valence-corrected chi connectivity index (χ0v) is 12.5. The average Bonchev–Trinajstić information content (AvgIpc) is 3.07. The van der Waals surface area contributed by atoms with Crippen LogP contribution in [0, 0.1) is 17.8 Å². The van der Waals surface area contributed by atoms with Crippen LogP contribution in [0.3, 0.4) is 0 Å². The number of benzene rings is 1. The van der Waals surface area contributed by atoms with Gasteiger partial charge in [0.2, 0.25) is 0 Å². The molecule has 0 spiro atoms. The van der Waals surface area contributed by atoms with E-state index in [1.807, 2.05) is 6.92 Å². The summed E-state index contributed by atoms with van der Waals surface area (Å²) in [5.74, 6) is 2.51. The Morgan fingerprint density at radius 1 is 1.29 bits per heavy atom. The number of anilines is 1. The number of nitrogens with two attached hydrogens (primary N) is 1. The van der Waals surface area contributed by atoms with Crippen molar-refractivity contribution in [2.75, 3.05) is 18.9 Å². The number of rotatable bonds is 5. The van der Waals surface area contributed by atoms with Gasteiger partial charge in [-0.25, -0.2) is 4.79 Å². The van der Waals surface area contributed by atoms with Crippen molar-refractivity contribution in [3.8, 4) is 5.75 Å². The van der Waals surface area contributed by atoms with E-state index in [-0.39, 0.29) is 5.97 Å². The second-order valence-corrected chi connectivity index (χ2v) is 6.26. The van der Waals surface area contributed by atoms with Crippen molar-refractivity contribution < 1.29 is 14.3 Å². The van der Waals surface area contributed by atoms with Crippen LogP contribution in [0.15, 0.2) is 18.2 Å². The van der Waals surface area contributed by atoms with Gasteiger partial charge in [-0.1, -0.05) is 6.42 Å². The molecule has 0 radical (unpaired) electrons. The fraction of sp³-hybridized carbons (Fsp3) is 0.588. The Bertz CT molecular complexity index is 529. The van der Waals surface area contributed by atoms with Gasteiger partial charge in [0, 0.05) is 11.8 Å². The zero-order valence-electron chi connectivity index (χ0n) is 12.5. The van der Waals surface area contributed by atoms with E-state index < -0.39 is 0 Å². The fourth-order valence-electron chi connectivity index (χ4n) is 3.84. The van der Waals surface area contributed by atoms with Crippen LogP contribution in [0.5, 0.6) is 5.75 Å². The summed E-state index contributed by atoms with van der Waals surface area (Å²) in [5.41, 5.74) is 6.80. The molecular formula is C17H23NO3. The molecule has 0 aliphatic heterocycles. The quantitative estimate of drug-likeness (QED) is 0.667. The minimum absolute atomic E-state index is 0.300. The lowest BCUT2D eigenvalue weighted by Gasteiger charge is -2.21. The Balaban J connectivity index is 1.60. The van der Waals surface area contributed by atoms with Crippen molar-refractivity contribution in [1.29, 1.82) is 0 Å². The summed E-state index contributed by atoms with van der Waals surface area (Å²) in [6, 6.07) is 5.06. The summed E-state index contributed by atoms with van der Waals surface area (Å²) in [6.45, 7) is 2.98. The molecule has 3 atom stereocenters. The fourth-order valence-corrected chi connectivity index (χ4v) is 3.84. The summed E-state index contributed by atoms with van der Waals surface area (Å²) >= 11 is 0. The lowest BCUT2D eigenvalue weighted by atomic mass is 9.89. The first kappa shape index (κ1) is 14.2. The van der Waals surface area contributed by atoms with Gasteiger partial charge in [-0.15, -0.1) is 0 Å². The normalized spacial score (nSPS) is 26.8. The molecular weight excluding hydrogens is 266 g/mol.